The van der Waals surface area contributed by atoms with Gasteiger partial charge in [-0.15, -0.1) is 0 Å². The van der Waals surface area contributed by atoms with Crippen LogP contribution >= 0.6 is 0 Å². The summed E-state index contributed by atoms with van der Waals surface area (Å²) < 4.78 is 0. The predicted octanol–water partition coefficient (Wildman–Crippen LogP) is 2.80. The van der Waals surface area contributed by atoms with E-state index in [2.05, 4.69) is 18.7 Å². The van der Waals surface area contributed by atoms with Crippen molar-refractivity contribution in [3.63, 3.8) is 0 Å². The normalized spacial score (nSPS) is 10.8. The lowest BCUT2D eigenvalue weighted by Crippen LogP contribution is -2.25. The average Bonchev–Trinajstić information content (AvgIpc) is 2.32. The molecule has 5 nitrogen and oxygen atoms in total. The summed E-state index contributed by atoms with van der Waals surface area (Å²) in [6, 6.07) is 4.64. The summed E-state index contributed by atoms with van der Waals surface area (Å²) in [6.45, 7) is 6.89. The molecule has 0 radical (unpaired) electrons. The quantitative estimate of drug-likeness (QED) is 0.459. The minimum atomic E-state index is -0.382. The Balaban J connectivity index is 2.86. The number of non-ortho nitro benzene ring substituents is 1. The van der Waals surface area contributed by atoms with E-state index in [1.54, 1.807) is 12.1 Å². The fourth-order valence-electron chi connectivity index (χ4n) is 1.99. The van der Waals surface area contributed by atoms with Crippen LogP contribution in [0.3, 0.4) is 0 Å². The van der Waals surface area contributed by atoms with Gasteiger partial charge in [-0.1, -0.05) is 13.8 Å². The lowest BCUT2D eigenvalue weighted by molar-refractivity contribution is -0.384. The van der Waals surface area contributed by atoms with E-state index in [1.165, 1.54) is 6.07 Å². The van der Waals surface area contributed by atoms with E-state index in [1.807, 2.05) is 0 Å². The van der Waals surface area contributed by atoms with Gasteiger partial charge in [0.25, 0.3) is 5.69 Å². The van der Waals surface area contributed by atoms with Gasteiger partial charge in [0.15, 0.2) is 0 Å². The first-order valence-electron chi connectivity index (χ1n) is 6.33. The van der Waals surface area contributed by atoms with Crippen molar-refractivity contribution in [1.82, 2.24) is 4.90 Å². The largest absolute Gasteiger partial charge is 0.398 e. The Morgan fingerprint density at radius 3 is 2.39 bits per heavy atom. The summed E-state index contributed by atoms with van der Waals surface area (Å²) in [5.41, 5.74) is 7.45. The fourth-order valence-corrected chi connectivity index (χ4v) is 1.99. The number of rotatable bonds is 7. The Kier molecular flexibility index (Phi) is 5.58. The number of hydrogen-bond acceptors (Lipinski definition) is 4. The van der Waals surface area contributed by atoms with Crippen molar-refractivity contribution in [1.29, 1.82) is 0 Å². The summed E-state index contributed by atoms with van der Waals surface area (Å²) >= 11 is 0. The molecule has 0 saturated carbocycles. The van der Waals surface area contributed by atoms with Crippen molar-refractivity contribution in [2.75, 3.05) is 18.8 Å². The average molecular weight is 251 g/mol. The maximum absolute atomic E-state index is 10.8. The highest BCUT2D eigenvalue weighted by molar-refractivity contribution is 5.52. The van der Waals surface area contributed by atoms with Crippen LogP contribution in [0.1, 0.15) is 32.3 Å². The van der Waals surface area contributed by atoms with E-state index >= 15 is 0 Å². The molecule has 0 aliphatic rings. The summed E-state index contributed by atoms with van der Waals surface area (Å²) in [5.74, 6) is 0. The van der Waals surface area contributed by atoms with Crippen LogP contribution in [0.2, 0.25) is 0 Å². The Bertz CT molecular complexity index is 401. The van der Waals surface area contributed by atoms with Crippen molar-refractivity contribution >= 4 is 11.4 Å². The van der Waals surface area contributed by atoms with Gasteiger partial charge in [-0.05, 0) is 37.6 Å². The number of hydrogen-bond donors (Lipinski definition) is 1. The lowest BCUT2D eigenvalue weighted by Gasteiger charge is -2.21. The van der Waals surface area contributed by atoms with E-state index in [-0.39, 0.29) is 10.6 Å². The zero-order valence-corrected chi connectivity index (χ0v) is 11.1. The standard InChI is InChI=1S/C13H21N3O2/c1-3-7-15(8-4-2)10-11-9-12(16(17)18)5-6-13(11)14/h5-6,9H,3-4,7-8,10,14H2,1-2H3. The molecular formula is C13H21N3O2. The monoisotopic (exact) mass is 251 g/mol. The molecule has 0 fully saturated rings. The Hall–Kier alpha value is -1.62. The van der Waals surface area contributed by atoms with Crippen LogP contribution in [0.15, 0.2) is 18.2 Å². The second-order valence-corrected chi connectivity index (χ2v) is 4.42. The molecule has 1 aromatic carbocycles. The van der Waals surface area contributed by atoms with Gasteiger partial charge in [-0.2, -0.15) is 0 Å². The number of nitrogen functional groups attached to an aromatic ring is 1. The first-order valence-corrected chi connectivity index (χ1v) is 6.33. The molecule has 0 aromatic heterocycles. The van der Waals surface area contributed by atoms with E-state index in [0.717, 1.165) is 31.5 Å². The highest BCUT2D eigenvalue weighted by atomic mass is 16.6. The third-order valence-corrected chi connectivity index (χ3v) is 2.81. The molecule has 0 amide bonds. The summed E-state index contributed by atoms with van der Waals surface area (Å²) in [7, 11) is 0. The maximum Gasteiger partial charge on any atom is 0.269 e. The molecule has 5 heteroatoms. The predicted molar refractivity (Wildman–Crippen MR) is 73.4 cm³/mol. The molecule has 0 heterocycles. The van der Waals surface area contributed by atoms with Gasteiger partial charge < -0.3 is 5.73 Å². The molecular weight excluding hydrogens is 230 g/mol. The van der Waals surface area contributed by atoms with Crippen LogP contribution in [0.5, 0.6) is 0 Å². The van der Waals surface area contributed by atoms with Crippen LogP contribution < -0.4 is 5.73 Å². The fraction of sp³-hybridized carbons (Fsp3) is 0.538. The minimum Gasteiger partial charge on any atom is -0.398 e. The maximum atomic E-state index is 10.8. The molecule has 0 atom stereocenters. The van der Waals surface area contributed by atoms with Gasteiger partial charge in [-0.25, -0.2) is 0 Å². The Morgan fingerprint density at radius 1 is 1.28 bits per heavy atom. The smallest absolute Gasteiger partial charge is 0.269 e. The molecule has 0 bridgehead atoms. The molecule has 18 heavy (non-hydrogen) atoms. The Labute approximate surface area is 108 Å². The van der Waals surface area contributed by atoms with Gasteiger partial charge in [0, 0.05) is 24.4 Å². The summed E-state index contributed by atoms with van der Waals surface area (Å²) in [4.78, 5) is 12.6. The van der Waals surface area contributed by atoms with Crippen molar-refractivity contribution < 1.29 is 4.92 Å². The number of nitro benzene ring substituents is 1. The van der Waals surface area contributed by atoms with Gasteiger partial charge in [0.1, 0.15) is 0 Å². The molecule has 100 valence electrons. The summed E-state index contributed by atoms with van der Waals surface area (Å²) in [6.07, 6.45) is 2.13. The molecule has 2 N–H and O–H groups in total. The highest BCUT2D eigenvalue weighted by Crippen LogP contribution is 2.21. The zero-order valence-electron chi connectivity index (χ0n) is 11.1. The molecule has 0 aliphatic heterocycles. The second kappa shape index (κ2) is 6.96. The molecule has 0 aliphatic carbocycles. The van der Waals surface area contributed by atoms with Gasteiger partial charge >= 0.3 is 0 Å². The number of nitro groups is 1. The molecule has 0 spiro atoms. The van der Waals surface area contributed by atoms with E-state index in [4.69, 9.17) is 5.73 Å². The molecule has 1 rings (SSSR count). The van der Waals surface area contributed by atoms with Crippen molar-refractivity contribution in [3.05, 3.63) is 33.9 Å². The number of nitrogens with two attached hydrogens (primary N) is 1. The van der Waals surface area contributed by atoms with Crippen molar-refractivity contribution in [3.8, 4) is 0 Å². The number of nitrogens with zero attached hydrogens (tertiary/aromatic N) is 2. The molecule has 0 unspecified atom stereocenters. The topological polar surface area (TPSA) is 72.4 Å². The van der Waals surface area contributed by atoms with Crippen molar-refractivity contribution in [2.45, 2.75) is 33.2 Å². The number of anilines is 1. The van der Waals surface area contributed by atoms with Crippen LogP contribution in [0.4, 0.5) is 11.4 Å². The van der Waals surface area contributed by atoms with E-state index in [0.29, 0.717) is 12.2 Å². The zero-order chi connectivity index (χ0) is 13.5. The third-order valence-electron chi connectivity index (χ3n) is 2.81. The van der Waals surface area contributed by atoms with Crippen LogP contribution in [0.25, 0.3) is 0 Å². The van der Waals surface area contributed by atoms with Crippen LogP contribution in [-0.2, 0) is 6.54 Å². The first kappa shape index (κ1) is 14.4. The molecule has 0 saturated heterocycles. The summed E-state index contributed by atoms with van der Waals surface area (Å²) in [5, 5.41) is 10.8. The molecule has 1 aromatic rings. The second-order valence-electron chi connectivity index (χ2n) is 4.42. The third kappa shape index (κ3) is 4.00. The van der Waals surface area contributed by atoms with Gasteiger partial charge in [0.05, 0.1) is 4.92 Å². The minimum absolute atomic E-state index is 0.104. The highest BCUT2D eigenvalue weighted by Gasteiger charge is 2.12. The lowest BCUT2D eigenvalue weighted by atomic mass is 10.1. The first-order chi connectivity index (χ1) is 8.58. The van der Waals surface area contributed by atoms with Gasteiger partial charge in [-0.3, -0.25) is 15.0 Å². The van der Waals surface area contributed by atoms with Crippen LogP contribution in [-0.4, -0.2) is 22.9 Å². The Morgan fingerprint density at radius 2 is 1.89 bits per heavy atom. The SMILES string of the molecule is CCCN(CCC)Cc1cc([N+](=O)[O-])ccc1N. The number of benzene rings is 1. The van der Waals surface area contributed by atoms with E-state index in [9.17, 15) is 10.1 Å². The van der Waals surface area contributed by atoms with Crippen LogP contribution in [0, 0.1) is 10.1 Å². The van der Waals surface area contributed by atoms with Gasteiger partial charge in [0.2, 0.25) is 0 Å². The van der Waals surface area contributed by atoms with E-state index < -0.39 is 0 Å². The van der Waals surface area contributed by atoms with Crippen molar-refractivity contribution in [2.24, 2.45) is 0 Å².